The van der Waals surface area contributed by atoms with Gasteiger partial charge in [0, 0.05) is 12.1 Å². The van der Waals surface area contributed by atoms with E-state index < -0.39 is 18.1 Å². The Kier molecular flexibility index (Phi) is 6.09. The molecule has 0 spiro atoms. The van der Waals surface area contributed by atoms with Crippen LogP contribution in [0.2, 0.25) is 0 Å². The number of benzene rings is 2. The van der Waals surface area contributed by atoms with E-state index in [0.29, 0.717) is 24.9 Å². The van der Waals surface area contributed by atoms with Crippen molar-refractivity contribution in [1.82, 2.24) is 10.2 Å². The summed E-state index contributed by atoms with van der Waals surface area (Å²) in [5.74, 6) is -1.51. The number of amides is 2. The number of hydrogen-bond acceptors (Lipinski definition) is 3. The van der Waals surface area contributed by atoms with Crippen LogP contribution in [0.1, 0.15) is 46.8 Å². The molecular weight excluding hydrogens is 356 g/mol. The van der Waals surface area contributed by atoms with Crippen molar-refractivity contribution in [2.45, 2.75) is 38.3 Å². The summed E-state index contributed by atoms with van der Waals surface area (Å²) >= 11 is 0. The lowest BCUT2D eigenvalue weighted by molar-refractivity contribution is -0.148. The largest absolute Gasteiger partial charge is 0.480 e. The zero-order valence-electron chi connectivity index (χ0n) is 15.8. The molecule has 1 heterocycles. The molecule has 0 aromatic heterocycles. The summed E-state index contributed by atoms with van der Waals surface area (Å²) in [4.78, 5) is 38.3. The van der Waals surface area contributed by atoms with Gasteiger partial charge in [0.25, 0.3) is 5.91 Å². The van der Waals surface area contributed by atoms with Gasteiger partial charge >= 0.3 is 5.97 Å². The normalized spacial score (nSPS) is 17.2. The molecule has 1 aliphatic rings. The number of aryl methyl sites for hydroxylation is 1. The molecule has 3 rings (SSSR count). The lowest BCUT2D eigenvalue weighted by Crippen LogP contribution is -2.42. The van der Waals surface area contributed by atoms with E-state index >= 15 is 0 Å². The zero-order chi connectivity index (χ0) is 20.1. The van der Waals surface area contributed by atoms with Gasteiger partial charge in [0.15, 0.2) is 0 Å². The molecular formula is C22H24N2O4. The first-order chi connectivity index (χ1) is 13.5. The quantitative estimate of drug-likeness (QED) is 0.807. The predicted octanol–water partition coefficient (Wildman–Crippen LogP) is 2.93. The number of likely N-dealkylation sites (tertiary alicyclic amines) is 1. The van der Waals surface area contributed by atoms with E-state index in [1.807, 2.05) is 49.4 Å². The van der Waals surface area contributed by atoms with Crippen LogP contribution in [-0.4, -0.2) is 40.4 Å². The Labute approximate surface area is 164 Å². The monoisotopic (exact) mass is 380 g/mol. The van der Waals surface area contributed by atoms with Crippen LogP contribution in [0.25, 0.3) is 0 Å². The van der Waals surface area contributed by atoms with E-state index in [-0.39, 0.29) is 18.2 Å². The van der Waals surface area contributed by atoms with Gasteiger partial charge in [-0.3, -0.25) is 9.59 Å². The van der Waals surface area contributed by atoms with Crippen LogP contribution in [0, 0.1) is 6.92 Å². The number of carbonyl (C=O) groups excluding carboxylic acids is 2. The Morgan fingerprint density at radius 2 is 1.79 bits per heavy atom. The third kappa shape index (κ3) is 4.57. The highest BCUT2D eigenvalue weighted by molar-refractivity contribution is 5.95. The van der Waals surface area contributed by atoms with E-state index in [9.17, 15) is 19.5 Å². The van der Waals surface area contributed by atoms with Gasteiger partial charge in [-0.05, 0) is 37.5 Å². The number of carboxylic acid groups (broad SMARTS) is 1. The molecule has 1 unspecified atom stereocenters. The average molecular weight is 380 g/mol. The summed E-state index contributed by atoms with van der Waals surface area (Å²) in [6.07, 6.45) is 1.16. The van der Waals surface area contributed by atoms with E-state index in [0.717, 1.165) is 11.1 Å². The second-order valence-corrected chi connectivity index (χ2v) is 7.09. The fraction of sp³-hybridized carbons (Fsp3) is 0.318. The molecule has 2 aromatic rings. The van der Waals surface area contributed by atoms with Crippen LogP contribution in [0.4, 0.5) is 0 Å². The van der Waals surface area contributed by atoms with Gasteiger partial charge in [-0.25, -0.2) is 4.79 Å². The maximum atomic E-state index is 12.8. The highest BCUT2D eigenvalue weighted by Crippen LogP contribution is 2.23. The number of carboxylic acids is 1. The summed E-state index contributed by atoms with van der Waals surface area (Å²) < 4.78 is 0. The second kappa shape index (κ2) is 8.69. The van der Waals surface area contributed by atoms with Crippen molar-refractivity contribution >= 4 is 17.8 Å². The highest BCUT2D eigenvalue weighted by Gasteiger charge is 2.35. The lowest BCUT2D eigenvalue weighted by atomic mass is 10.0. The van der Waals surface area contributed by atoms with Crippen LogP contribution < -0.4 is 5.32 Å². The molecule has 2 atom stereocenters. The van der Waals surface area contributed by atoms with Crippen LogP contribution in [-0.2, 0) is 9.59 Å². The molecule has 2 aromatic carbocycles. The predicted molar refractivity (Wildman–Crippen MR) is 105 cm³/mol. The van der Waals surface area contributed by atoms with Crippen molar-refractivity contribution in [3.63, 3.8) is 0 Å². The van der Waals surface area contributed by atoms with Crippen molar-refractivity contribution in [3.05, 3.63) is 71.3 Å². The molecule has 0 saturated carbocycles. The Morgan fingerprint density at radius 3 is 2.43 bits per heavy atom. The molecule has 0 bridgehead atoms. The van der Waals surface area contributed by atoms with Crippen molar-refractivity contribution < 1.29 is 19.5 Å². The van der Waals surface area contributed by atoms with Crippen LogP contribution >= 0.6 is 0 Å². The number of nitrogens with zero attached hydrogens (tertiary/aromatic N) is 1. The maximum Gasteiger partial charge on any atom is 0.326 e. The molecule has 28 heavy (non-hydrogen) atoms. The molecule has 1 saturated heterocycles. The van der Waals surface area contributed by atoms with Crippen molar-refractivity contribution in [1.29, 1.82) is 0 Å². The Balaban J connectivity index is 1.78. The highest BCUT2D eigenvalue weighted by atomic mass is 16.4. The number of carbonyl (C=O) groups is 3. The lowest BCUT2D eigenvalue weighted by Gasteiger charge is -2.25. The average Bonchev–Trinajstić information content (AvgIpc) is 3.19. The minimum Gasteiger partial charge on any atom is -0.480 e. The van der Waals surface area contributed by atoms with Gasteiger partial charge in [0.05, 0.1) is 12.5 Å². The molecule has 1 fully saturated rings. The summed E-state index contributed by atoms with van der Waals surface area (Å²) in [5.41, 5.74) is 2.38. The standard InChI is InChI=1S/C22H24N2O4/c1-15-9-11-17(12-10-15)21(26)23-18(16-6-3-2-4-7-16)14-20(25)24-13-5-8-19(24)22(27)28/h2-4,6-7,9-12,18-19H,5,8,13-14H2,1H3,(H,23,26)(H,27,28)/t18?,19-/m0/s1. The first-order valence-electron chi connectivity index (χ1n) is 9.40. The van der Waals surface area contributed by atoms with Gasteiger partial charge in [-0.15, -0.1) is 0 Å². The number of nitrogens with one attached hydrogen (secondary N) is 1. The Bertz CT molecular complexity index is 849. The molecule has 0 aliphatic carbocycles. The fourth-order valence-electron chi connectivity index (χ4n) is 3.50. The van der Waals surface area contributed by atoms with Crippen LogP contribution in [0.3, 0.4) is 0 Å². The minimum atomic E-state index is -0.981. The van der Waals surface area contributed by atoms with E-state index in [1.165, 1.54) is 4.90 Å². The fourth-order valence-corrected chi connectivity index (χ4v) is 3.50. The first-order valence-corrected chi connectivity index (χ1v) is 9.40. The molecule has 146 valence electrons. The van der Waals surface area contributed by atoms with Crippen LogP contribution in [0.15, 0.2) is 54.6 Å². The van der Waals surface area contributed by atoms with Gasteiger partial charge in [0.2, 0.25) is 5.91 Å². The van der Waals surface area contributed by atoms with E-state index in [1.54, 1.807) is 12.1 Å². The molecule has 6 nitrogen and oxygen atoms in total. The number of hydrogen-bond donors (Lipinski definition) is 2. The van der Waals surface area contributed by atoms with Crippen LogP contribution in [0.5, 0.6) is 0 Å². The van der Waals surface area contributed by atoms with Crippen molar-refractivity contribution in [2.24, 2.45) is 0 Å². The third-order valence-electron chi connectivity index (χ3n) is 5.06. The maximum absolute atomic E-state index is 12.8. The first kappa shape index (κ1) is 19.6. The molecule has 2 N–H and O–H groups in total. The Morgan fingerprint density at radius 1 is 1.11 bits per heavy atom. The van der Waals surface area contributed by atoms with E-state index in [2.05, 4.69) is 5.32 Å². The summed E-state index contributed by atoms with van der Waals surface area (Å²) in [6, 6.07) is 15.2. The van der Waals surface area contributed by atoms with Gasteiger partial charge in [0.1, 0.15) is 6.04 Å². The summed E-state index contributed by atoms with van der Waals surface area (Å²) in [5, 5.41) is 12.3. The topological polar surface area (TPSA) is 86.7 Å². The second-order valence-electron chi connectivity index (χ2n) is 7.09. The van der Waals surface area contributed by atoms with E-state index in [4.69, 9.17) is 0 Å². The number of aliphatic carboxylic acids is 1. The smallest absolute Gasteiger partial charge is 0.326 e. The van der Waals surface area contributed by atoms with Gasteiger partial charge in [-0.1, -0.05) is 48.0 Å². The summed E-state index contributed by atoms with van der Waals surface area (Å²) in [7, 11) is 0. The molecule has 6 heteroatoms. The van der Waals surface area contributed by atoms with Gasteiger partial charge < -0.3 is 15.3 Å². The number of rotatable bonds is 6. The molecule has 2 amide bonds. The summed E-state index contributed by atoms with van der Waals surface area (Å²) in [6.45, 7) is 2.38. The minimum absolute atomic E-state index is 0.0192. The SMILES string of the molecule is Cc1ccc(C(=O)NC(CC(=O)N2CCC[C@H]2C(=O)O)c2ccccc2)cc1. The van der Waals surface area contributed by atoms with Crippen molar-refractivity contribution in [2.75, 3.05) is 6.54 Å². The molecule has 1 aliphatic heterocycles. The third-order valence-corrected chi connectivity index (χ3v) is 5.06. The molecule has 0 radical (unpaired) electrons. The zero-order valence-corrected chi connectivity index (χ0v) is 15.8. The van der Waals surface area contributed by atoms with Gasteiger partial charge in [-0.2, -0.15) is 0 Å². The Hall–Kier alpha value is -3.15. The van der Waals surface area contributed by atoms with Crippen molar-refractivity contribution in [3.8, 4) is 0 Å².